The molecule has 0 aliphatic heterocycles. The number of aromatic nitrogens is 2. The Bertz CT molecular complexity index is 1260. The Morgan fingerprint density at radius 3 is 2.41 bits per heavy atom. The first-order chi connectivity index (χ1) is 12.9. The molecule has 0 amide bonds. The largest absolute Gasteiger partial charge is 0.497 e. The van der Waals surface area contributed by atoms with Crippen molar-refractivity contribution in [3.63, 3.8) is 0 Å². The van der Waals surface area contributed by atoms with Gasteiger partial charge in [-0.05, 0) is 24.3 Å². The maximum atomic E-state index is 11.7. The number of benzene rings is 2. The molecular weight excluding hydrogens is 406 g/mol. The molecule has 0 aliphatic carbocycles. The van der Waals surface area contributed by atoms with Crippen LogP contribution in [-0.4, -0.2) is 38.9 Å². The molecule has 0 saturated carbocycles. The molecule has 0 fully saturated rings. The van der Waals surface area contributed by atoms with Crippen molar-refractivity contribution in [2.24, 2.45) is 0 Å². The van der Waals surface area contributed by atoms with E-state index in [1.807, 2.05) is 6.07 Å². The fourth-order valence-corrected chi connectivity index (χ4v) is 5.18. The first-order valence-corrected chi connectivity index (χ1v) is 11.3. The molecular formula is C17H15N3O4S3. The summed E-state index contributed by atoms with van der Waals surface area (Å²) in [4.78, 5) is 9.36. The van der Waals surface area contributed by atoms with E-state index < -0.39 is 9.84 Å². The maximum absolute atomic E-state index is 11.7. The van der Waals surface area contributed by atoms with Crippen LogP contribution in [0, 0.1) is 0 Å². The summed E-state index contributed by atoms with van der Waals surface area (Å²) in [6, 6.07) is 8.60. The first-order valence-electron chi connectivity index (χ1n) is 7.77. The second-order valence-corrected chi connectivity index (χ2v) is 9.82. The number of hydrogen-bond donors (Lipinski definition) is 1. The van der Waals surface area contributed by atoms with Gasteiger partial charge >= 0.3 is 0 Å². The fourth-order valence-electron chi connectivity index (χ4n) is 2.58. The molecule has 0 aliphatic rings. The Balaban J connectivity index is 1.71. The molecule has 0 saturated heterocycles. The summed E-state index contributed by atoms with van der Waals surface area (Å²) in [6.07, 6.45) is 1.19. The number of anilines is 2. The Labute approximate surface area is 163 Å². The summed E-state index contributed by atoms with van der Waals surface area (Å²) in [5, 5.41) is 4.50. The smallest absolute Gasteiger partial charge is 0.190 e. The van der Waals surface area contributed by atoms with Crippen molar-refractivity contribution in [1.29, 1.82) is 0 Å². The summed E-state index contributed by atoms with van der Waals surface area (Å²) < 4.78 is 35.8. The molecule has 2 aromatic carbocycles. The number of hydrogen-bond acceptors (Lipinski definition) is 9. The average molecular weight is 422 g/mol. The minimum atomic E-state index is -3.25. The summed E-state index contributed by atoms with van der Waals surface area (Å²) in [6.45, 7) is 0. The third-order valence-corrected chi connectivity index (χ3v) is 6.85. The molecule has 2 aromatic heterocycles. The zero-order chi connectivity index (χ0) is 19.2. The minimum Gasteiger partial charge on any atom is -0.497 e. The number of rotatable bonds is 5. The average Bonchev–Trinajstić information content (AvgIpc) is 3.21. The molecule has 4 rings (SSSR count). The molecule has 10 heteroatoms. The fraction of sp³-hybridized carbons (Fsp3) is 0.176. The van der Waals surface area contributed by atoms with Gasteiger partial charge in [0, 0.05) is 12.3 Å². The van der Waals surface area contributed by atoms with Crippen molar-refractivity contribution in [2.45, 2.75) is 4.90 Å². The van der Waals surface area contributed by atoms with Crippen LogP contribution in [0.3, 0.4) is 0 Å². The Morgan fingerprint density at radius 2 is 1.70 bits per heavy atom. The number of nitrogens with zero attached hydrogens (tertiary/aromatic N) is 2. The lowest BCUT2D eigenvalue weighted by atomic mass is 10.3. The molecule has 2 heterocycles. The summed E-state index contributed by atoms with van der Waals surface area (Å²) in [5.74, 6) is 1.33. The third kappa shape index (κ3) is 3.43. The van der Waals surface area contributed by atoms with Gasteiger partial charge in [0.05, 0.1) is 34.0 Å². The van der Waals surface area contributed by atoms with Crippen LogP contribution in [0.5, 0.6) is 11.5 Å². The van der Waals surface area contributed by atoms with Crippen molar-refractivity contribution in [1.82, 2.24) is 9.97 Å². The Morgan fingerprint density at radius 1 is 0.963 bits per heavy atom. The second kappa shape index (κ2) is 6.63. The first kappa shape index (κ1) is 18.0. The van der Waals surface area contributed by atoms with E-state index in [2.05, 4.69) is 15.3 Å². The second-order valence-electron chi connectivity index (χ2n) is 5.74. The van der Waals surface area contributed by atoms with Crippen LogP contribution in [-0.2, 0) is 9.84 Å². The van der Waals surface area contributed by atoms with Gasteiger partial charge in [0.25, 0.3) is 0 Å². The van der Waals surface area contributed by atoms with Crippen molar-refractivity contribution in [3.8, 4) is 11.5 Å². The standard InChI is InChI=1S/C17H15N3O4S3/c1-23-9-6-12(24-2)15-14(7-9)26-17(19-15)20-16-18-11-5-4-10(27(3,21)22)8-13(11)25-16/h4-8H,1-3H3,(H,18,19,20). The zero-order valence-corrected chi connectivity index (χ0v) is 17.1. The van der Waals surface area contributed by atoms with Crippen LogP contribution in [0.2, 0.25) is 0 Å². The maximum Gasteiger partial charge on any atom is 0.190 e. The summed E-state index contributed by atoms with van der Waals surface area (Å²) in [5.41, 5.74) is 1.47. The normalized spacial score (nSPS) is 11.8. The Hall–Kier alpha value is -2.43. The van der Waals surface area contributed by atoms with Crippen molar-refractivity contribution >= 4 is 63.2 Å². The summed E-state index contributed by atoms with van der Waals surface area (Å²) >= 11 is 2.83. The molecule has 1 N–H and O–H groups in total. The number of ether oxygens (including phenoxy) is 2. The van der Waals surface area contributed by atoms with E-state index in [0.29, 0.717) is 21.8 Å². The highest BCUT2D eigenvalue weighted by molar-refractivity contribution is 7.90. The van der Waals surface area contributed by atoms with Gasteiger partial charge in [0.2, 0.25) is 0 Å². The van der Waals surface area contributed by atoms with Crippen LogP contribution >= 0.6 is 22.7 Å². The van der Waals surface area contributed by atoms with E-state index in [-0.39, 0.29) is 4.90 Å². The van der Waals surface area contributed by atoms with E-state index >= 15 is 0 Å². The highest BCUT2D eigenvalue weighted by Crippen LogP contribution is 2.38. The van der Waals surface area contributed by atoms with Gasteiger partial charge in [0.15, 0.2) is 20.1 Å². The minimum absolute atomic E-state index is 0.280. The molecule has 0 unspecified atom stereocenters. The van der Waals surface area contributed by atoms with E-state index in [1.165, 1.54) is 28.9 Å². The van der Waals surface area contributed by atoms with Gasteiger partial charge in [-0.15, -0.1) is 0 Å². The molecule has 0 bridgehead atoms. The van der Waals surface area contributed by atoms with Gasteiger partial charge in [0.1, 0.15) is 17.0 Å². The molecule has 0 radical (unpaired) electrons. The van der Waals surface area contributed by atoms with Crippen LogP contribution < -0.4 is 14.8 Å². The number of nitrogens with one attached hydrogen (secondary N) is 1. The van der Waals surface area contributed by atoms with E-state index in [9.17, 15) is 8.42 Å². The van der Waals surface area contributed by atoms with Crippen LogP contribution in [0.15, 0.2) is 35.2 Å². The van der Waals surface area contributed by atoms with Crippen molar-refractivity contribution in [2.75, 3.05) is 25.8 Å². The number of thiazole rings is 2. The van der Waals surface area contributed by atoms with E-state index in [1.54, 1.807) is 38.5 Å². The number of fused-ring (bicyclic) bond motifs is 2. The van der Waals surface area contributed by atoms with Gasteiger partial charge in [-0.1, -0.05) is 22.7 Å². The van der Waals surface area contributed by atoms with E-state index in [0.717, 1.165) is 20.4 Å². The molecule has 0 spiro atoms. The van der Waals surface area contributed by atoms with Gasteiger partial charge in [-0.2, -0.15) is 0 Å². The molecule has 27 heavy (non-hydrogen) atoms. The lowest BCUT2D eigenvalue weighted by Gasteiger charge is -2.03. The molecule has 4 aromatic rings. The van der Waals surface area contributed by atoms with Gasteiger partial charge in [-0.3, -0.25) is 0 Å². The third-order valence-electron chi connectivity index (χ3n) is 3.89. The number of methoxy groups -OCH3 is 2. The van der Waals surface area contributed by atoms with Crippen LogP contribution in [0.1, 0.15) is 0 Å². The van der Waals surface area contributed by atoms with Crippen LogP contribution in [0.25, 0.3) is 20.4 Å². The van der Waals surface area contributed by atoms with Crippen molar-refractivity contribution < 1.29 is 17.9 Å². The summed E-state index contributed by atoms with van der Waals surface area (Å²) in [7, 11) is -0.0584. The monoisotopic (exact) mass is 421 g/mol. The quantitative estimate of drug-likeness (QED) is 0.519. The SMILES string of the molecule is COc1cc(OC)c2nc(Nc3nc4ccc(S(C)(=O)=O)cc4s3)sc2c1. The molecule has 140 valence electrons. The topological polar surface area (TPSA) is 90.4 Å². The van der Waals surface area contributed by atoms with Gasteiger partial charge < -0.3 is 14.8 Å². The predicted molar refractivity (Wildman–Crippen MR) is 109 cm³/mol. The van der Waals surface area contributed by atoms with Crippen molar-refractivity contribution in [3.05, 3.63) is 30.3 Å². The molecule has 0 atom stereocenters. The number of sulfone groups is 1. The lowest BCUT2D eigenvalue weighted by molar-refractivity contribution is 0.397. The van der Waals surface area contributed by atoms with Gasteiger partial charge in [-0.25, -0.2) is 18.4 Å². The predicted octanol–water partition coefficient (Wildman–Crippen LogP) is 4.07. The lowest BCUT2D eigenvalue weighted by Crippen LogP contribution is -1.95. The van der Waals surface area contributed by atoms with E-state index in [4.69, 9.17) is 9.47 Å². The molecule has 7 nitrogen and oxygen atoms in total. The highest BCUT2D eigenvalue weighted by atomic mass is 32.2. The zero-order valence-electron chi connectivity index (χ0n) is 14.6. The highest BCUT2D eigenvalue weighted by Gasteiger charge is 2.14. The van der Waals surface area contributed by atoms with Crippen LogP contribution in [0.4, 0.5) is 10.3 Å². The Kier molecular flexibility index (Phi) is 4.41.